The van der Waals surface area contributed by atoms with E-state index in [4.69, 9.17) is 42.0 Å². The Labute approximate surface area is 538 Å². The number of furan rings is 1. The molecule has 3 aliphatic carbocycles. The zero-order valence-electron chi connectivity index (χ0n) is 47.6. The maximum absolute atomic E-state index is 13.8. The summed E-state index contributed by atoms with van der Waals surface area (Å²) in [6.07, 6.45) is 5.08. The second kappa shape index (κ2) is 28.4. The summed E-state index contributed by atoms with van der Waals surface area (Å²) < 4.78 is 113. The molecule has 3 saturated carbocycles. The van der Waals surface area contributed by atoms with Gasteiger partial charge in [0.15, 0.2) is 5.58 Å². The number of fused-ring (bicyclic) bond motifs is 11. The van der Waals surface area contributed by atoms with Crippen molar-refractivity contribution in [1.29, 1.82) is 0 Å². The van der Waals surface area contributed by atoms with E-state index in [-0.39, 0.29) is 166 Å². The molecular formula is C56H51B4F5Na2O20. The van der Waals surface area contributed by atoms with Crippen molar-refractivity contribution in [1.82, 2.24) is 0 Å². The average molecular weight is 1230 g/mol. The predicted octanol–water partition coefficient (Wildman–Crippen LogP) is 1.01. The van der Waals surface area contributed by atoms with Gasteiger partial charge >= 0.3 is 111 Å². The monoisotopic (exact) mass is 1230 g/mol. The van der Waals surface area contributed by atoms with E-state index in [2.05, 4.69) is 0 Å². The van der Waals surface area contributed by atoms with Crippen molar-refractivity contribution in [3.63, 3.8) is 0 Å². The summed E-state index contributed by atoms with van der Waals surface area (Å²) in [6.45, 7) is 4.15. The minimum absolute atomic E-state index is 0. The van der Waals surface area contributed by atoms with Crippen LogP contribution in [0.3, 0.4) is 0 Å². The molecule has 0 bridgehead atoms. The van der Waals surface area contributed by atoms with Gasteiger partial charge in [-0.05, 0) is 129 Å². The van der Waals surface area contributed by atoms with Crippen molar-refractivity contribution in [3.8, 4) is 23.0 Å². The molecule has 13 rings (SSSR count). The fourth-order valence-corrected chi connectivity index (χ4v) is 10.4. The number of esters is 4. The van der Waals surface area contributed by atoms with E-state index < -0.39 is 98.4 Å². The van der Waals surface area contributed by atoms with Gasteiger partial charge in [-0.25, -0.2) is 41.1 Å². The molecule has 5 heterocycles. The smallest absolute Gasteiger partial charge is 0.669 e. The molecule has 5 aromatic carbocycles. The van der Waals surface area contributed by atoms with Gasteiger partial charge in [-0.1, -0.05) is 36.5 Å². The molecule has 1 aromatic heterocycles. The van der Waals surface area contributed by atoms with Crippen molar-refractivity contribution in [3.05, 3.63) is 158 Å². The van der Waals surface area contributed by atoms with Gasteiger partial charge in [0.1, 0.15) is 68.6 Å². The van der Waals surface area contributed by atoms with Gasteiger partial charge in [-0.2, -0.15) is 0 Å². The van der Waals surface area contributed by atoms with Crippen LogP contribution in [0.1, 0.15) is 139 Å². The Kier molecular flexibility index (Phi) is 22.3. The Hall–Kier alpha value is -6.36. The second-order valence-electron chi connectivity index (χ2n) is 20.1. The van der Waals surface area contributed by atoms with E-state index in [1.54, 1.807) is 58.0 Å². The number of carboxylic acid groups (broad SMARTS) is 1. The summed E-state index contributed by atoms with van der Waals surface area (Å²) in [5, 5.41) is 59.4. The van der Waals surface area contributed by atoms with E-state index in [9.17, 15) is 76.2 Å². The maximum Gasteiger partial charge on any atom is 1.00 e. The molecule has 0 radical (unpaired) electrons. The molecule has 3 fully saturated rings. The standard InChI is InChI=1S/2C12H12BFO4.C11H10BFO4.C11H9FO3.C10H9BFO5.2Na/c2*1-2-17-12(15)10-9(14)4-3-6-7-5-8(7)13(16)18-11(6)10;1-2-16-11(14)9-8(13)4-3-7-5-6-12(15)17-10(7)9;1-2-14-11(13)9-8(12)4-3-7-5-6-15-10(7)9;12-7-2-1-4-5-3-6(5)11(15,16)17-9(4)8(7)10(13)14;;/h2*3-4,7-8,16H,2,5H2,1H3;3-6,15H,2H2,1H3;3-6H,2H2,1H3;1-2,5-6,15-16H,3H2,(H,13,14);;/q;;;;-1;2*+1/p-1/t7-,8-;;;;5-,6-;;/m1...1../s1. The normalized spacial score (nSPS) is 19.6. The van der Waals surface area contributed by atoms with Gasteiger partial charge in [0.05, 0.1) is 50.0 Å². The van der Waals surface area contributed by atoms with E-state index in [0.29, 0.717) is 22.9 Å². The SMILES string of the molecule is CCOC(=O)c1c(F)ccc2c1OB(O)C1CC21.CCOC(=O)c1c(F)ccc2c1OB(O)C=C2.CCOC(=O)c1c(F)ccc2c1OB(O)[C@@H]1C[C@H]21.CCOC(=O)c1c(F)ccc2ccoc12.O=C([O-])c1c(F)ccc2c1O[B-](O)(O)[C@@H]1C[C@H]21.[Na+].[Na+]. The third kappa shape index (κ3) is 14.4. The third-order valence-electron chi connectivity index (χ3n) is 14.7. The van der Waals surface area contributed by atoms with Crippen LogP contribution < -0.4 is 82.8 Å². The number of halogens is 5. The molecule has 20 nitrogen and oxygen atoms in total. The number of rotatable bonds is 9. The molecule has 0 amide bonds. The first-order valence-corrected chi connectivity index (χ1v) is 26.9. The zero-order valence-corrected chi connectivity index (χ0v) is 51.6. The van der Waals surface area contributed by atoms with Crippen LogP contribution in [0.4, 0.5) is 22.0 Å². The summed E-state index contributed by atoms with van der Waals surface area (Å²) in [4.78, 5) is 57.4. The molecule has 6 aromatic rings. The number of hydrogen-bond donors (Lipinski definition) is 5. The largest absolute Gasteiger partial charge is 1.00 e. The van der Waals surface area contributed by atoms with Gasteiger partial charge in [-0.15, -0.1) is 0 Å². The first-order chi connectivity index (χ1) is 40.5. The summed E-state index contributed by atoms with van der Waals surface area (Å²) in [6, 6.07) is 15.2. The number of carbonyl (C=O) groups is 5. The topological polar surface area (TPSA) is 297 Å². The molecule has 0 saturated heterocycles. The quantitative estimate of drug-likeness (QED) is 0.0584. The fraction of sp³-hybridized carbons (Fsp3) is 0.304. The van der Waals surface area contributed by atoms with Crippen LogP contribution in [0.5, 0.6) is 23.0 Å². The summed E-state index contributed by atoms with van der Waals surface area (Å²) >= 11 is 0. The van der Waals surface area contributed by atoms with Gasteiger partial charge in [-0.3, -0.25) is 0 Å². The van der Waals surface area contributed by atoms with Crippen molar-refractivity contribution in [2.75, 3.05) is 26.4 Å². The number of aromatic carboxylic acids is 1. The number of ether oxygens (including phenoxy) is 4. The van der Waals surface area contributed by atoms with Crippen molar-refractivity contribution < 1.29 is 177 Å². The van der Waals surface area contributed by atoms with Gasteiger partial charge in [0, 0.05) is 22.6 Å². The fourth-order valence-electron chi connectivity index (χ4n) is 10.4. The molecule has 4 aliphatic heterocycles. The average Bonchev–Trinajstić information content (AvgIpc) is 2.04. The van der Waals surface area contributed by atoms with Crippen molar-refractivity contribution in [2.45, 2.75) is 82.2 Å². The molecule has 2 unspecified atom stereocenters. The van der Waals surface area contributed by atoms with E-state index >= 15 is 0 Å². The van der Waals surface area contributed by atoms with Crippen LogP contribution >= 0.6 is 0 Å². The van der Waals surface area contributed by atoms with Crippen LogP contribution in [-0.4, -0.2) is 110 Å². The molecule has 87 heavy (non-hydrogen) atoms. The molecule has 31 heteroatoms. The van der Waals surface area contributed by atoms with Crippen LogP contribution in [0.2, 0.25) is 17.5 Å². The molecule has 6 atom stereocenters. The zero-order chi connectivity index (χ0) is 61.3. The Morgan fingerprint density at radius 3 is 1.43 bits per heavy atom. The molecule has 444 valence electrons. The third-order valence-corrected chi connectivity index (χ3v) is 14.7. The number of carboxylic acids is 1. The van der Waals surface area contributed by atoms with Crippen molar-refractivity contribution in [2.24, 2.45) is 0 Å². The minimum atomic E-state index is -3.11. The van der Waals surface area contributed by atoms with Crippen LogP contribution in [-0.2, 0) is 18.9 Å². The Morgan fingerprint density at radius 2 is 0.954 bits per heavy atom. The molecule has 0 spiro atoms. The van der Waals surface area contributed by atoms with Crippen molar-refractivity contribution >= 4 is 75.0 Å². The first kappa shape index (κ1) is 68.1. The number of benzene rings is 5. The van der Waals surface area contributed by atoms with E-state index in [0.717, 1.165) is 36.1 Å². The maximum atomic E-state index is 13.8. The summed E-state index contributed by atoms with van der Waals surface area (Å²) in [5.74, 6) is -7.23. The molecule has 5 N–H and O–H groups in total. The summed E-state index contributed by atoms with van der Waals surface area (Å²) in [7, 11) is -3.10. The van der Waals surface area contributed by atoms with Gasteiger partial charge < -0.3 is 77.0 Å². The Balaban J connectivity index is 0.000000155. The number of hydrogen-bond acceptors (Lipinski definition) is 20. The molecule has 7 aliphatic rings. The van der Waals surface area contributed by atoms with Gasteiger partial charge in [0.2, 0.25) is 0 Å². The van der Waals surface area contributed by atoms with E-state index in [1.165, 1.54) is 42.6 Å². The minimum Gasteiger partial charge on any atom is -0.669 e. The first-order valence-electron chi connectivity index (χ1n) is 26.9. The Bertz CT molecular complexity index is 3560. The van der Waals surface area contributed by atoms with Crippen LogP contribution in [0.15, 0.2) is 83.4 Å². The van der Waals surface area contributed by atoms with Crippen LogP contribution in [0.25, 0.3) is 17.0 Å². The number of carbonyl (C=O) groups excluding carboxylic acids is 5. The second-order valence-corrected chi connectivity index (χ2v) is 20.1. The molecular weight excluding hydrogens is 1180 g/mol. The van der Waals surface area contributed by atoms with Crippen LogP contribution in [0, 0.1) is 29.1 Å². The predicted molar refractivity (Wildman–Crippen MR) is 289 cm³/mol. The Morgan fingerprint density at radius 1 is 0.540 bits per heavy atom. The van der Waals surface area contributed by atoms with E-state index in [1.807, 2.05) is 0 Å². The summed E-state index contributed by atoms with van der Waals surface area (Å²) in [5.41, 5.74) is 1.24. The van der Waals surface area contributed by atoms with Gasteiger partial charge in [0.25, 0.3) is 0 Å².